The second kappa shape index (κ2) is 10.9. The molecule has 0 aromatic carbocycles. The van der Waals surface area contributed by atoms with Gasteiger partial charge < -0.3 is 29.9 Å². The third-order valence-electron chi connectivity index (χ3n) is 1.61. The predicted molar refractivity (Wildman–Crippen MR) is 60.0 cm³/mol. The van der Waals surface area contributed by atoms with Gasteiger partial charge in [-0.15, -0.1) is 0 Å². The van der Waals surface area contributed by atoms with Crippen molar-refractivity contribution >= 4 is 11.9 Å². The van der Waals surface area contributed by atoms with E-state index in [0.29, 0.717) is 0 Å². The van der Waals surface area contributed by atoms with Gasteiger partial charge in [0.2, 0.25) is 0 Å². The second-order valence-electron chi connectivity index (χ2n) is 3.04. The first-order chi connectivity index (χ1) is 8.27. The van der Waals surface area contributed by atoms with Gasteiger partial charge in [-0.05, 0) is 20.8 Å². The molecule has 0 spiro atoms. The van der Waals surface area contributed by atoms with Crippen molar-refractivity contribution in [2.75, 3.05) is 13.2 Å². The molecule has 0 aliphatic carbocycles. The van der Waals surface area contributed by atoms with E-state index in [1.54, 1.807) is 0 Å². The summed E-state index contributed by atoms with van der Waals surface area (Å²) in [7, 11) is 0. The summed E-state index contributed by atoms with van der Waals surface area (Å²) in [5.41, 5.74) is 0. The molecule has 8 heteroatoms. The van der Waals surface area contributed by atoms with E-state index in [0.717, 1.165) is 13.2 Å². The van der Waals surface area contributed by atoms with Crippen LogP contribution in [0.4, 0.5) is 0 Å². The highest BCUT2D eigenvalue weighted by Crippen LogP contribution is 1.92. The lowest BCUT2D eigenvalue weighted by atomic mass is 10.2. The Balaban J connectivity index is 0. The predicted octanol–water partition coefficient (Wildman–Crippen LogP) is -0.717. The van der Waals surface area contributed by atoms with Gasteiger partial charge in [0, 0.05) is 13.2 Å². The monoisotopic (exact) mass is 268 g/mol. The van der Waals surface area contributed by atoms with Crippen LogP contribution in [0.3, 0.4) is 0 Å². The van der Waals surface area contributed by atoms with Crippen LogP contribution in [0.25, 0.3) is 0 Å². The minimum absolute atomic E-state index is 0.0370. The molecule has 8 nitrogen and oxygen atoms in total. The van der Waals surface area contributed by atoms with Crippen LogP contribution in [0.1, 0.15) is 20.8 Å². The summed E-state index contributed by atoms with van der Waals surface area (Å²) in [6.07, 6.45) is -4.57. The molecule has 18 heavy (non-hydrogen) atoms. The Morgan fingerprint density at radius 3 is 1.39 bits per heavy atom. The SMILES string of the molecule is CCOC(C)OCC.O=C(O)C(O)C(O)C(=O)O. The van der Waals surface area contributed by atoms with Gasteiger partial charge in [-0.1, -0.05) is 0 Å². The van der Waals surface area contributed by atoms with Crippen LogP contribution in [0, 0.1) is 0 Å². The fourth-order valence-corrected chi connectivity index (χ4v) is 0.788. The molecule has 2 atom stereocenters. The number of aliphatic carboxylic acids is 2. The summed E-state index contributed by atoms with van der Waals surface area (Å²) in [6.45, 7) is 7.25. The molecule has 0 aliphatic heterocycles. The number of rotatable bonds is 7. The zero-order valence-electron chi connectivity index (χ0n) is 10.6. The fraction of sp³-hybridized carbons (Fsp3) is 0.800. The number of aliphatic hydroxyl groups is 2. The quantitative estimate of drug-likeness (QED) is 0.445. The maximum Gasteiger partial charge on any atom is 0.335 e. The molecule has 0 aromatic rings. The van der Waals surface area contributed by atoms with Gasteiger partial charge in [0.15, 0.2) is 18.5 Å². The summed E-state index contributed by atoms with van der Waals surface area (Å²) >= 11 is 0. The number of carbonyl (C=O) groups is 2. The maximum atomic E-state index is 9.77. The van der Waals surface area contributed by atoms with E-state index in [4.69, 9.17) is 29.9 Å². The van der Waals surface area contributed by atoms with Crippen LogP contribution in [0.2, 0.25) is 0 Å². The van der Waals surface area contributed by atoms with Crippen molar-refractivity contribution in [3.05, 3.63) is 0 Å². The lowest BCUT2D eigenvalue weighted by molar-refractivity contribution is -0.165. The third kappa shape index (κ3) is 9.97. The molecule has 108 valence electrons. The van der Waals surface area contributed by atoms with E-state index >= 15 is 0 Å². The van der Waals surface area contributed by atoms with Crippen LogP contribution in [0.5, 0.6) is 0 Å². The van der Waals surface area contributed by atoms with E-state index < -0.39 is 24.1 Å². The van der Waals surface area contributed by atoms with Gasteiger partial charge in [-0.2, -0.15) is 0 Å². The largest absolute Gasteiger partial charge is 0.479 e. The average Bonchev–Trinajstić information content (AvgIpc) is 2.28. The summed E-state index contributed by atoms with van der Waals surface area (Å²) in [4.78, 5) is 19.5. The Labute approximate surface area is 105 Å². The van der Waals surface area contributed by atoms with Crippen molar-refractivity contribution in [2.24, 2.45) is 0 Å². The van der Waals surface area contributed by atoms with Crippen molar-refractivity contribution < 1.29 is 39.5 Å². The lowest BCUT2D eigenvalue weighted by Gasteiger charge is -2.09. The first-order valence-electron chi connectivity index (χ1n) is 5.32. The van der Waals surface area contributed by atoms with Gasteiger partial charge in [0.05, 0.1) is 0 Å². The Hall–Kier alpha value is -1.22. The highest BCUT2D eigenvalue weighted by molar-refractivity contribution is 5.83. The Morgan fingerprint density at radius 2 is 1.22 bits per heavy atom. The van der Waals surface area contributed by atoms with Crippen LogP contribution >= 0.6 is 0 Å². The normalized spacial score (nSPS) is 13.4. The van der Waals surface area contributed by atoms with E-state index in [-0.39, 0.29) is 6.29 Å². The molecule has 0 saturated heterocycles. The number of carboxylic acids is 2. The number of carboxylic acid groups (broad SMARTS) is 2. The van der Waals surface area contributed by atoms with E-state index in [9.17, 15) is 9.59 Å². The molecular formula is C10H20O8. The summed E-state index contributed by atoms with van der Waals surface area (Å²) in [5.74, 6) is -3.54. The Morgan fingerprint density at radius 1 is 0.944 bits per heavy atom. The first kappa shape index (κ1) is 19.1. The van der Waals surface area contributed by atoms with Gasteiger partial charge >= 0.3 is 11.9 Å². The number of hydrogen-bond acceptors (Lipinski definition) is 6. The molecule has 4 N–H and O–H groups in total. The van der Waals surface area contributed by atoms with E-state index in [2.05, 4.69) is 0 Å². The van der Waals surface area contributed by atoms with Crippen molar-refractivity contribution in [1.29, 1.82) is 0 Å². The molecule has 0 radical (unpaired) electrons. The smallest absolute Gasteiger partial charge is 0.335 e. The zero-order valence-corrected chi connectivity index (χ0v) is 10.6. The average molecular weight is 268 g/mol. The highest BCUT2D eigenvalue weighted by Gasteiger charge is 2.29. The Bertz CT molecular complexity index is 218. The molecule has 0 bridgehead atoms. The van der Waals surface area contributed by atoms with Crippen molar-refractivity contribution in [2.45, 2.75) is 39.3 Å². The molecule has 2 unspecified atom stereocenters. The lowest BCUT2D eigenvalue weighted by Crippen LogP contribution is -2.39. The van der Waals surface area contributed by atoms with Crippen LogP contribution < -0.4 is 0 Å². The van der Waals surface area contributed by atoms with E-state index in [1.165, 1.54) is 0 Å². The summed E-state index contributed by atoms with van der Waals surface area (Å²) in [6, 6.07) is 0. The minimum Gasteiger partial charge on any atom is -0.479 e. The second-order valence-corrected chi connectivity index (χ2v) is 3.04. The zero-order chi connectivity index (χ0) is 14.7. The Kier molecular flexibility index (Phi) is 11.6. The summed E-state index contributed by atoms with van der Waals surface area (Å²) < 4.78 is 10.1. The van der Waals surface area contributed by atoms with Gasteiger partial charge in [0.25, 0.3) is 0 Å². The standard InChI is InChI=1S/C6H14O2.C4H6O6/c1-4-7-6(3)8-5-2;5-1(3(7)8)2(6)4(9)10/h6H,4-5H2,1-3H3;1-2,5-6H,(H,7,8)(H,9,10). The van der Waals surface area contributed by atoms with Crippen molar-refractivity contribution in [1.82, 2.24) is 0 Å². The molecule has 0 saturated carbocycles. The van der Waals surface area contributed by atoms with Gasteiger partial charge in [-0.25, -0.2) is 9.59 Å². The third-order valence-corrected chi connectivity index (χ3v) is 1.61. The number of hydrogen-bond donors (Lipinski definition) is 4. The molecule has 0 aliphatic rings. The molecule has 0 fully saturated rings. The molecule has 0 heterocycles. The molecule has 0 rings (SSSR count). The maximum absolute atomic E-state index is 9.77. The topological polar surface area (TPSA) is 134 Å². The van der Waals surface area contributed by atoms with E-state index in [1.807, 2.05) is 20.8 Å². The van der Waals surface area contributed by atoms with Crippen molar-refractivity contribution in [3.63, 3.8) is 0 Å². The molecule has 0 amide bonds. The van der Waals surface area contributed by atoms with Crippen LogP contribution in [0.15, 0.2) is 0 Å². The first-order valence-corrected chi connectivity index (χ1v) is 5.32. The molecule has 0 aromatic heterocycles. The van der Waals surface area contributed by atoms with Gasteiger partial charge in [0.1, 0.15) is 0 Å². The number of aliphatic hydroxyl groups excluding tert-OH is 2. The van der Waals surface area contributed by atoms with Crippen LogP contribution in [-0.2, 0) is 19.1 Å². The van der Waals surface area contributed by atoms with Crippen molar-refractivity contribution in [3.8, 4) is 0 Å². The minimum atomic E-state index is -2.27. The molecular weight excluding hydrogens is 248 g/mol. The highest BCUT2D eigenvalue weighted by atomic mass is 16.7. The summed E-state index contributed by atoms with van der Waals surface area (Å²) in [5, 5.41) is 32.5. The number of ether oxygens (including phenoxy) is 2. The van der Waals surface area contributed by atoms with Gasteiger partial charge in [-0.3, -0.25) is 0 Å². The van der Waals surface area contributed by atoms with Crippen LogP contribution in [-0.4, -0.2) is 64.1 Å². The fourth-order valence-electron chi connectivity index (χ4n) is 0.788.